The van der Waals surface area contributed by atoms with Gasteiger partial charge in [0.25, 0.3) is 0 Å². The first-order valence-corrected chi connectivity index (χ1v) is 15.0. The monoisotopic (exact) mass is 359 g/mol. The molecule has 0 aromatic rings. The second kappa shape index (κ2) is 6.91. The molecule has 0 radical (unpaired) electrons. The molecule has 3 atom stereocenters. The molecule has 5 heteroatoms. The minimum Gasteiger partial charge on any atom is -0.416 e. The van der Waals surface area contributed by atoms with E-state index in [1.54, 1.807) is 0 Å². The molecule has 1 saturated carbocycles. The third kappa shape index (κ3) is 5.39. The second-order valence-corrected chi connectivity index (χ2v) is 20.0. The molecular weight excluding hydrogens is 318 g/mol. The van der Waals surface area contributed by atoms with Crippen molar-refractivity contribution in [2.45, 2.75) is 103 Å². The SMILES string of the molecule is CC(C)(C)[Si](C)(C)OCC1C[C@@H](N)CC1O[Si](C)(C)C(C)(C)C. The molecule has 0 aromatic heterocycles. The topological polar surface area (TPSA) is 44.5 Å². The first-order valence-electron chi connectivity index (χ1n) is 9.14. The van der Waals surface area contributed by atoms with E-state index < -0.39 is 16.6 Å². The predicted octanol–water partition coefficient (Wildman–Crippen LogP) is 5.14. The fraction of sp³-hybridized carbons (Fsp3) is 1.00. The number of nitrogens with two attached hydrogens (primary N) is 1. The fourth-order valence-corrected chi connectivity index (χ4v) is 5.00. The number of hydrogen-bond donors (Lipinski definition) is 1. The van der Waals surface area contributed by atoms with E-state index in [1.165, 1.54) is 0 Å². The van der Waals surface area contributed by atoms with Crippen LogP contribution in [0.15, 0.2) is 0 Å². The summed E-state index contributed by atoms with van der Waals surface area (Å²) in [5.74, 6) is 0.452. The highest BCUT2D eigenvalue weighted by Gasteiger charge is 2.44. The molecule has 0 spiro atoms. The van der Waals surface area contributed by atoms with Gasteiger partial charge in [-0.3, -0.25) is 0 Å². The van der Waals surface area contributed by atoms with E-state index in [-0.39, 0.29) is 22.2 Å². The molecule has 0 amide bonds. The molecule has 23 heavy (non-hydrogen) atoms. The zero-order valence-electron chi connectivity index (χ0n) is 17.2. The molecular formula is C18H41NO2Si2. The van der Waals surface area contributed by atoms with E-state index in [0.717, 1.165) is 19.4 Å². The van der Waals surface area contributed by atoms with Crippen molar-refractivity contribution in [3.8, 4) is 0 Å². The summed E-state index contributed by atoms with van der Waals surface area (Å²) in [4.78, 5) is 0. The lowest BCUT2D eigenvalue weighted by molar-refractivity contribution is 0.101. The maximum atomic E-state index is 6.69. The molecule has 0 aliphatic heterocycles. The molecule has 138 valence electrons. The zero-order chi connectivity index (χ0) is 18.3. The molecule has 2 N–H and O–H groups in total. The summed E-state index contributed by atoms with van der Waals surface area (Å²) in [6.07, 6.45) is 2.29. The van der Waals surface area contributed by atoms with Crippen LogP contribution in [0, 0.1) is 5.92 Å². The van der Waals surface area contributed by atoms with E-state index in [4.69, 9.17) is 14.6 Å². The Morgan fingerprint density at radius 2 is 1.35 bits per heavy atom. The van der Waals surface area contributed by atoms with Gasteiger partial charge in [-0.05, 0) is 49.1 Å². The van der Waals surface area contributed by atoms with Gasteiger partial charge in [0.15, 0.2) is 16.6 Å². The molecule has 1 rings (SSSR count). The van der Waals surface area contributed by atoms with Gasteiger partial charge >= 0.3 is 0 Å². The molecule has 0 heterocycles. The Balaban J connectivity index is 2.74. The van der Waals surface area contributed by atoms with Gasteiger partial charge in [0.05, 0.1) is 6.10 Å². The lowest BCUT2D eigenvalue weighted by Gasteiger charge is -2.41. The van der Waals surface area contributed by atoms with Gasteiger partial charge in [-0.2, -0.15) is 0 Å². The van der Waals surface area contributed by atoms with Gasteiger partial charge in [-0.1, -0.05) is 41.5 Å². The van der Waals surface area contributed by atoms with Gasteiger partial charge in [-0.15, -0.1) is 0 Å². The van der Waals surface area contributed by atoms with Crippen LogP contribution in [0.2, 0.25) is 36.3 Å². The van der Waals surface area contributed by atoms with Crippen molar-refractivity contribution >= 4 is 16.6 Å². The van der Waals surface area contributed by atoms with Gasteiger partial charge in [0.2, 0.25) is 0 Å². The first-order chi connectivity index (χ1) is 10.1. The Morgan fingerprint density at radius 3 is 1.78 bits per heavy atom. The zero-order valence-corrected chi connectivity index (χ0v) is 19.2. The van der Waals surface area contributed by atoms with E-state index in [1.807, 2.05) is 0 Å². The highest BCUT2D eigenvalue weighted by atomic mass is 28.4. The molecule has 1 fully saturated rings. The van der Waals surface area contributed by atoms with E-state index in [0.29, 0.717) is 5.92 Å². The van der Waals surface area contributed by atoms with E-state index in [2.05, 4.69) is 67.7 Å². The van der Waals surface area contributed by atoms with Gasteiger partial charge in [0.1, 0.15) is 0 Å². The van der Waals surface area contributed by atoms with Crippen LogP contribution in [0.3, 0.4) is 0 Å². The third-order valence-corrected chi connectivity index (χ3v) is 15.4. The molecule has 3 nitrogen and oxygen atoms in total. The molecule has 1 aliphatic carbocycles. The summed E-state index contributed by atoms with van der Waals surface area (Å²) in [6, 6.07) is 0.262. The van der Waals surface area contributed by atoms with Crippen molar-refractivity contribution in [1.82, 2.24) is 0 Å². The quantitative estimate of drug-likeness (QED) is 0.692. The number of hydrogen-bond acceptors (Lipinski definition) is 3. The fourth-order valence-electron chi connectivity index (χ4n) is 2.53. The Morgan fingerprint density at radius 1 is 0.870 bits per heavy atom. The van der Waals surface area contributed by atoms with Crippen LogP contribution in [0.5, 0.6) is 0 Å². The van der Waals surface area contributed by atoms with Crippen molar-refractivity contribution in [2.75, 3.05) is 6.61 Å². The van der Waals surface area contributed by atoms with Crippen LogP contribution in [0.25, 0.3) is 0 Å². The predicted molar refractivity (Wildman–Crippen MR) is 106 cm³/mol. The van der Waals surface area contributed by atoms with E-state index in [9.17, 15) is 0 Å². The lowest BCUT2D eigenvalue weighted by Crippen LogP contribution is -2.46. The average Bonchev–Trinajstić information content (AvgIpc) is 2.63. The van der Waals surface area contributed by atoms with Crippen LogP contribution < -0.4 is 5.73 Å². The maximum Gasteiger partial charge on any atom is 0.192 e. The van der Waals surface area contributed by atoms with Crippen LogP contribution in [-0.4, -0.2) is 35.4 Å². The Bertz CT molecular complexity index is 397. The molecule has 0 saturated heterocycles. The van der Waals surface area contributed by atoms with E-state index >= 15 is 0 Å². The second-order valence-electron chi connectivity index (χ2n) is 10.5. The summed E-state index contributed by atoms with van der Waals surface area (Å²) in [5.41, 5.74) is 6.26. The molecule has 0 aromatic carbocycles. The van der Waals surface area contributed by atoms with Crippen LogP contribution in [0.1, 0.15) is 54.4 Å². The first kappa shape index (κ1) is 21.4. The standard InChI is InChI=1S/C18H41NO2Si2/c1-17(2,3)22(7,8)20-13-14-11-15(19)12-16(14)21-23(9,10)18(4,5)6/h14-16H,11-13,19H2,1-10H3/t14?,15-,16?/m1/s1. The van der Waals surface area contributed by atoms with Crippen molar-refractivity contribution in [1.29, 1.82) is 0 Å². The number of rotatable bonds is 5. The average molecular weight is 360 g/mol. The summed E-state index contributed by atoms with van der Waals surface area (Å²) in [6.45, 7) is 23.9. The van der Waals surface area contributed by atoms with Crippen molar-refractivity contribution in [3.63, 3.8) is 0 Å². The normalized spacial score (nSPS) is 27.5. The maximum absolute atomic E-state index is 6.69. The minimum atomic E-state index is -1.75. The lowest BCUT2D eigenvalue weighted by atomic mass is 10.1. The third-order valence-electron chi connectivity index (χ3n) is 6.38. The Hall–Kier alpha value is 0.314. The van der Waals surface area contributed by atoms with Crippen LogP contribution >= 0.6 is 0 Å². The largest absolute Gasteiger partial charge is 0.416 e. The Labute approximate surface area is 147 Å². The van der Waals surface area contributed by atoms with Crippen molar-refractivity contribution < 1.29 is 8.85 Å². The highest BCUT2D eigenvalue weighted by Crippen LogP contribution is 2.42. The summed E-state index contributed by atoms with van der Waals surface area (Å²) < 4.78 is 13.2. The molecule has 2 unspecified atom stereocenters. The molecule has 1 aliphatic rings. The van der Waals surface area contributed by atoms with Crippen molar-refractivity contribution in [3.05, 3.63) is 0 Å². The minimum absolute atomic E-state index is 0.241. The van der Waals surface area contributed by atoms with Crippen LogP contribution in [-0.2, 0) is 8.85 Å². The van der Waals surface area contributed by atoms with Crippen LogP contribution in [0.4, 0.5) is 0 Å². The molecule has 0 bridgehead atoms. The summed E-state index contributed by atoms with van der Waals surface area (Å²) in [5, 5.41) is 0.494. The Kier molecular flexibility index (Phi) is 6.41. The summed E-state index contributed by atoms with van der Waals surface area (Å²) in [7, 11) is -3.46. The van der Waals surface area contributed by atoms with Gasteiger partial charge < -0.3 is 14.6 Å². The smallest absolute Gasteiger partial charge is 0.192 e. The van der Waals surface area contributed by atoms with Gasteiger partial charge in [-0.25, -0.2) is 0 Å². The van der Waals surface area contributed by atoms with Gasteiger partial charge in [0, 0.05) is 18.6 Å². The summed E-state index contributed by atoms with van der Waals surface area (Å²) >= 11 is 0. The highest BCUT2D eigenvalue weighted by molar-refractivity contribution is 6.74. The van der Waals surface area contributed by atoms with Crippen molar-refractivity contribution in [2.24, 2.45) is 11.7 Å².